The quantitative estimate of drug-likeness (QED) is 0.853. The molecule has 3 N–H and O–H groups in total. The zero-order valence-electron chi connectivity index (χ0n) is 13.8. The van der Waals surface area contributed by atoms with E-state index in [1.54, 1.807) is 6.20 Å². The van der Waals surface area contributed by atoms with Gasteiger partial charge in [-0.1, -0.05) is 18.2 Å². The van der Waals surface area contributed by atoms with Crippen molar-refractivity contribution in [2.45, 2.75) is 25.9 Å². The average molecular weight is 324 g/mol. The van der Waals surface area contributed by atoms with Crippen molar-refractivity contribution in [2.75, 3.05) is 18.0 Å². The maximum Gasteiger partial charge on any atom is 0.222 e. The molecule has 0 saturated carbocycles. The van der Waals surface area contributed by atoms with Gasteiger partial charge in [0, 0.05) is 44.3 Å². The van der Waals surface area contributed by atoms with Gasteiger partial charge in [-0.05, 0) is 42.2 Å². The number of carbonyl (C=O) groups excluding carboxylic acids is 1. The van der Waals surface area contributed by atoms with E-state index in [2.05, 4.69) is 45.5 Å². The second-order valence-corrected chi connectivity index (χ2v) is 6.32. The summed E-state index contributed by atoms with van der Waals surface area (Å²) in [6, 6.07) is 12.5. The Morgan fingerprint density at radius 2 is 2.00 bits per heavy atom. The number of hydrogen-bond acceptors (Lipinski definition) is 4. The van der Waals surface area contributed by atoms with Crippen LogP contribution in [0.25, 0.3) is 0 Å². The van der Waals surface area contributed by atoms with Crippen LogP contribution in [0.1, 0.15) is 24.0 Å². The van der Waals surface area contributed by atoms with Crippen molar-refractivity contribution in [3.63, 3.8) is 0 Å². The molecule has 0 radical (unpaired) electrons. The zero-order valence-corrected chi connectivity index (χ0v) is 13.8. The summed E-state index contributed by atoms with van der Waals surface area (Å²) in [5.41, 5.74) is 9.04. The van der Waals surface area contributed by atoms with Gasteiger partial charge in [-0.15, -0.1) is 0 Å². The van der Waals surface area contributed by atoms with E-state index in [1.807, 2.05) is 12.3 Å². The molecule has 1 atom stereocenters. The largest absolute Gasteiger partial charge is 0.371 e. The molecule has 3 rings (SSSR count). The lowest BCUT2D eigenvalue weighted by Crippen LogP contribution is -2.41. The lowest BCUT2D eigenvalue weighted by atomic mass is 9.97. The number of nitrogens with two attached hydrogens (primary N) is 1. The highest BCUT2D eigenvalue weighted by molar-refractivity contribution is 5.77. The monoisotopic (exact) mass is 324 g/mol. The van der Waals surface area contributed by atoms with Crippen LogP contribution in [0.4, 0.5) is 5.69 Å². The Hall–Kier alpha value is -2.40. The molecule has 1 aliphatic heterocycles. The number of nitrogens with one attached hydrogen (secondary N) is 1. The molecule has 5 heteroatoms. The molecule has 126 valence electrons. The van der Waals surface area contributed by atoms with Crippen molar-refractivity contribution < 1.29 is 4.79 Å². The zero-order chi connectivity index (χ0) is 16.8. The van der Waals surface area contributed by atoms with E-state index in [0.29, 0.717) is 0 Å². The molecule has 1 aliphatic rings. The second-order valence-electron chi connectivity index (χ2n) is 6.32. The number of amides is 1. The summed E-state index contributed by atoms with van der Waals surface area (Å²) in [6.07, 6.45) is 5.58. The smallest absolute Gasteiger partial charge is 0.222 e. The molecule has 1 saturated heterocycles. The van der Waals surface area contributed by atoms with Crippen molar-refractivity contribution in [3.05, 3.63) is 59.9 Å². The molecular weight excluding hydrogens is 300 g/mol. The van der Waals surface area contributed by atoms with Crippen molar-refractivity contribution in [2.24, 2.45) is 11.7 Å². The van der Waals surface area contributed by atoms with Crippen molar-refractivity contribution in [1.82, 2.24) is 10.3 Å². The minimum Gasteiger partial charge on any atom is -0.371 e. The highest BCUT2D eigenvalue weighted by Gasteiger charge is 2.23. The first-order chi connectivity index (χ1) is 11.7. The van der Waals surface area contributed by atoms with Crippen LogP contribution in [-0.2, 0) is 17.9 Å². The molecule has 0 bridgehead atoms. The average Bonchev–Trinajstić information content (AvgIpc) is 2.63. The van der Waals surface area contributed by atoms with E-state index in [4.69, 9.17) is 5.73 Å². The number of hydrogen-bond donors (Lipinski definition) is 2. The van der Waals surface area contributed by atoms with Gasteiger partial charge in [-0.3, -0.25) is 9.78 Å². The van der Waals surface area contributed by atoms with Gasteiger partial charge in [0.15, 0.2) is 0 Å². The third kappa shape index (κ3) is 4.32. The molecule has 1 aromatic heterocycles. The standard InChI is InChI=1S/C19H24N4O/c20-19(24)17-4-2-10-23(14-17)18-7-5-15(6-8-18)11-22-13-16-3-1-9-21-12-16/h1,3,5-9,12,17,22H,2,4,10-11,13-14H2,(H2,20,24). The van der Waals surface area contributed by atoms with Gasteiger partial charge in [0.05, 0.1) is 5.92 Å². The van der Waals surface area contributed by atoms with E-state index >= 15 is 0 Å². The normalized spacial score (nSPS) is 17.7. The molecule has 1 amide bonds. The Morgan fingerprint density at radius 1 is 1.21 bits per heavy atom. The van der Waals surface area contributed by atoms with Crippen LogP contribution in [0, 0.1) is 5.92 Å². The van der Waals surface area contributed by atoms with Crippen molar-refractivity contribution >= 4 is 11.6 Å². The summed E-state index contributed by atoms with van der Waals surface area (Å²) in [7, 11) is 0. The topological polar surface area (TPSA) is 71.2 Å². The fourth-order valence-electron chi connectivity index (χ4n) is 3.12. The molecule has 2 heterocycles. The molecule has 1 unspecified atom stereocenters. The van der Waals surface area contributed by atoms with Gasteiger partial charge < -0.3 is 16.0 Å². The summed E-state index contributed by atoms with van der Waals surface area (Å²) in [6.45, 7) is 3.34. The number of nitrogens with zero attached hydrogens (tertiary/aromatic N) is 2. The van der Waals surface area contributed by atoms with Crippen LogP contribution in [0.5, 0.6) is 0 Å². The van der Waals surface area contributed by atoms with Crippen molar-refractivity contribution in [1.29, 1.82) is 0 Å². The van der Waals surface area contributed by atoms with E-state index in [-0.39, 0.29) is 11.8 Å². The number of rotatable bonds is 6. The van der Waals surface area contributed by atoms with Gasteiger partial charge in [0.2, 0.25) is 5.91 Å². The van der Waals surface area contributed by atoms with Crippen LogP contribution < -0.4 is 16.0 Å². The maximum absolute atomic E-state index is 11.4. The molecule has 24 heavy (non-hydrogen) atoms. The summed E-state index contributed by atoms with van der Waals surface area (Å²) < 4.78 is 0. The predicted molar refractivity (Wildman–Crippen MR) is 95.4 cm³/mol. The van der Waals surface area contributed by atoms with Crippen LogP contribution in [-0.4, -0.2) is 24.0 Å². The maximum atomic E-state index is 11.4. The summed E-state index contributed by atoms with van der Waals surface area (Å²) in [4.78, 5) is 17.8. The Bertz CT molecular complexity index is 657. The van der Waals surface area contributed by atoms with Gasteiger partial charge in [-0.2, -0.15) is 0 Å². The highest BCUT2D eigenvalue weighted by atomic mass is 16.1. The van der Waals surface area contributed by atoms with Gasteiger partial charge >= 0.3 is 0 Å². The SMILES string of the molecule is NC(=O)C1CCCN(c2ccc(CNCc3cccnc3)cc2)C1. The summed E-state index contributed by atoms with van der Waals surface area (Å²) in [5.74, 6) is -0.213. The number of anilines is 1. The van der Waals surface area contributed by atoms with Crippen LogP contribution >= 0.6 is 0 Å². The third-order valence-electron chi connectivity index (χ3n) is 4.51. The highest BCUT2D eigenvalue weighted by Crippen LogP contribution is 2.23. The van der Waals surface area contributed by atoms with Crippen LogP contribution in [0.15, 0.2) is 48.8 Å². The molecule has 5 nitrogen and oxygen atoms in total. The first-order valence-electron chi connectivity index (χ1n) is 8.45. The number of primary amides is 1. The van der Waals surface area contributed by atoms with Gasteiger partial charge in [0.25, 0.3) is 0 Å². The van der Waals surface area contributed by atoms with E-state index < -0.39 is 0 Å². The predicted octanol–water partition coefficient (Wildman–Crippen LogP) is 2.07. The van der Waals surface area contributed by atoms with E-state index in [1.165, 1.54) is 11.1 Å². The molecule has 1 aromatic carbocycles. The van der Waals surface area contributed by atoms with Crippen LogP contribution in [0.2, 0.25) is 0 Å². The number of aromatic nitrogens is 1. The first-order valence-corrected chi connectivity index (χ1v) is 8.45. The minimum absolute atomic E-state index is 0.0282. The number of piperidine rings is 1. The fraction of sp³-hybridized carbons (Fsp3) is 0.368. The number of pyridine rings is 1. The van der Waals surface area contributed by atoms with E-state index in [0.717, 1.165) is 44.7 Å². The fourth-order valence-corrected chi connectivity index (χ4v) is 3.12. The van der Waals surface area contributed by atoms with E-state index in [9.17, 15) is 4.79 Å². The molecule has 1 fully saturated rings. The lowest BCUT2D eigenvalue weighted by molar-refractivity contribution is -0.122. The molecule has 0 spiro atoms. The summed E-state index contributed by atoms with van der Waals surface area (Å²) in [5, 5.41) is 3.42. The molecule has 2 aromatic rings. The Morgan fingerprint density at radius 3 is 2.71 bits per heavy atom. The van der Waals surface area contributed by atoms with Gasteiger partial charge in [0.1, 0.15) is 0 Å². The number of carbonyl (C=O) groups is 1. The first kappa shape index (κ1) is 16.5. The second kappa shape index (κ2) is 7.93. The Kier molecular flexibility index (Phi) is 5.43. The Labute approximate surface area is 142 Å². The van der Waals surface area contributed by atoms with Gasteiger partial charge in [-0.25, -0.2) is 0 Å². The minimum atomic E-state index is -0.184. The molecular formula is C19H24N4O. The summed E-state index contributed by atoms with van der Waals surface area (Å²) >= 11 is 0. The number of benzene rings is 1. The lowest BCUT2D eigenvalue weighted by Gasteiger charge is -2.33. The van der Waals surface area contributed by atoms with Crippen LogP contribution in [0.3, 0.4) is 0 Å². The van der Waals surface area contributed by atoms with Crippen molar-refractivity contribution in [3.8, 4) is 0 Å². The third-order valence-corrected chi connectivity index (χ3v) is 4.51. The Balaban J connectivity index is 1.52. The molecule has 0 aliphatic carbocycles.